The predicted molar refractivity (Wildman–Crippen MR) is 71.5 cm³/mol. The van der Waals surface area contributed by atoms with Crippen molar-refractivity contribution in [1.29, 1.82) is 0 Å². The number of hydrogen-bond acceptors (Lipinski definition) is 4. The summed E-state index contributed by atoms with van der Waals surface area (Å²) in [6, 6.07) is 1.20. The Morgan fingerprint density at radius 1 is 1.28 bits per heavy atom. The zero-order valence-corrected chi connectivity index (χ0v) is 11.4. The molecule has 0 amide bonds. The molecule has 2 rings (SSSR count). The lowest BCUT2D eigenvalue weighted by Crippen LogP contribution is -2.33. The third-order valence-corrected chi connectivity index (χ3v) is 3.60. The number of aromatic nitrogens is 2. The van der Waals surface area contributed by atoms with E-state index in [1.54, 1.807) is 7.11 Å². The van der Waals surface area contributed by atoms with Crippen LogP contribution in [0.5, 0.6) is 6.01 Å². The van der Waals surface area contributed by atoms with Crippen molar-refractivity contribution in [2.75, 3.05) is 13.7 Å². The molecule has 0 radical (unpaired) electrons. The quantitative estimate of drug-likeness (QED) is 0.777. The highest BCUT2D eigenvalue weighted by molar-refractivity contribution is 5.07. The molecular weight excluding hydrogens is 226 g/mol. The highest BCUT2D eigenvalue weighted by Gasteiger charge is 2.22. The molecule has 0 N–H and O–H groups in total. The van der Waals surface area contributed by atoms with Gasteiger partial charge in [-0.3, -0.25) is 4.90 Å². The Morgan fingerprint density at radius 3 is 2.50 bits per heavy atom. The minimum absolute atomic E-state index is 0.446. The lowest BCUT2D eigenvalue weighted by molar-refractivity contribution is 0.189. The lowest BCUT2D eigenvalue weighted by Gasteiger charge is -2.28. The molecule has 0 aromatic carbocycles. The van der Waals surface area contributed by atoms with E-state index in [-0.39, 0.29) is 0 Å². The van der Waals surface area contributed by atoms with Gasteiger partial charge in [0.25, 0.3) is 0 Å². The molecule has 1 fully saturated rings. The van der Waals surface area contributed by atoms with E-state index in [0.29, 0.717) is 6.01 Å². The molecule has 0 atom stereocenters. The first kappa shape index (κ1) is 13.3. The molecule has 100 valence electrons. The van der Waals surface area contributed by atoms with Crippen LogP contribution in [0.4, 0.5) is 0 Å². The number of rotatable bonds is 6. The van der Waals surface area contributed by atoms with Crippen LogP contribution < -0.4 is 4.74 Å². The molecule has 1 saturated carbocycles. The van der Waals surface area contributed by atoms with Gasteiger partial charge in [0.15, 0.2) is 0 Å². The number of ether oxygens (including phenoxy) is 1. The summed E-state index contributed by atoms with van der Waals surface area (Å²) >= 11 is 0. The van der Waals surface area contributed by atoms with Crippen molar-refractivity contribution < 1.29 is 4.74 Å². The SMILES string of the molecule is CCCN(Cc1cnc(OC)nc1)C1CCCC1. The minimum Gasteiger partial charge on any atom is -0.467 e. The van der Waals surface area contributed by atoms with Gasteiger partial charge < -0.3 is 4.74 Å². The van der Waals surface area contributed by atoms with Gasteiger partial charge in [-0.2, -0.15) is 0 Å². The number of hydrogen-bond donors (Lipinski definition) is 0. The van der Waals surface area contributed by atoms with Gasteiger partial charge in [0.1, 0.15) is 0 Å². The smallest absolute Gasteiger partial charge is 0.316 e. The van der Waals surface area contributed by atoms with Gasteiger partial charge in [0.05, 0.1) is 7.11 Å². The van der Waals surface area contributed by atoms with Crippen LogP contribution in [0.2, 0.25) is 0 Å². The van der Waals surface area contributed by atoms with Crippen LogP contribution in [-0.4, -0.2) is 34.6 Å². The van der Waals surface area contributed by atoms with E-state index in [1.165, 1.54) is 37.7 Å². The monoisotopic (exact) mass is 249 g/mol. The number of nitrogens with zero attached hydrogens (tertiary/aromatic N) is 3. The molecule has 4 heteroatoms. The van der Waals surface area contributed by atoms with Gasteiger partial charge in [-0.25, -0.2) is 9.97 Å². The Hall–Kier alpha value is -1.16. The van der Waals surface area contributed by atoms with Crippen molar-refractivity contribution in [3.8, 4) is 6.01 Å². The van der Waals surface area contributed by atoms with Gasteiger partial charge in [-0.1, -0.05) is 19.8 Å². The van der Waals surface area contributed by atoms with Crippen molar-refractivity contribution in [2.24, 2.45) is 0 Å². The van der Waals surface area contributed by atoms with E-state index in [0.717, 1.165) is 19.1 Å². The Morgan fingerprint density at radius 2 is 1.94 bits per heavy atom. The first-order valence-corrected chi connectivity index (χ1v) is 6.92. The Balaban J connectivity index is 1.98. The lowest BCUT2D eigenvalue weighted by atomic mass is 10.2. The molecule has 0 saturated heterocycles. The molecule has 0 unspecified atom stereocenters. The maximum atomic E-state index is 4.99. The third-order valence-electron chi connectivity index (χ3n) is 3.60. The van der Waals surface area contributed by atoms with Crippen molar-refractivity contribution in [3.05, 3.63) is 18.0 Å². The van der Waals surface area contributed by atoms with E-state index in [4.69, 9.17) is 4.74 Å². The van der Waals surface area contributed by atoms with E-state index in [9.17, 15) is 0 Å². The maximum Gasteiger partial charge on any atom is 0.316 e. The summed E-state index contributed by atoms with van der Waals surface area (Å²) in [6.07, 6.45) is 10.4. The summed E-state index contributed by atoms with van der Waals surface area (Å²) in [4.78, 5) is 10.9. The Labute approximate surface area is 109 Å². The van der Waals surface area contributed by atoms with Gasteiger partial charge in [0.2, 0.25) is 0 Å². The van der Waals surface area contributed by atoms with Crippen LogP contribution in [0.25, 0.3) is 0 Å². The van der Waals surface area contributed by atoms with Gasteiger partial charge in [-0.05, 0) is 25.8 Å². The Kier molecular flexibility index (Phi) is 4.93. The minimum atomic E-state index is 0.446. The first-order valence-electron chi connectivity index (χ1n) is 6.92. The van der Waals surface area contributed by atoms with Crippen molar-refractivity contribution in [3.63, 3.8) is 0 Å². The fraction of sp³-hybridized carbons (Fsp3) is 0.714. The molecule has 0 bridgehead atoms. The van der Waals surface area contributed by atoms with E-state index < -0.39 is 0 Å². The maximum absolute atomic E-state index is 4.99. The topological polar surface area (TPSA) is 38.2 Å². The summed E-state index contributed by atoms with van der Waals surface area (Å²) in [5.74, 6) is 0. The van der Waals surface area contributed by atoms with Crippen LogP contribution in [0.3, 0.4) is 0 Å². The second-order valence-electron chi connectivity index (χ2n) is 4.99. The molecule has 1 aliphatic rings. The third kappa shape index (κ3) is 3.42. The van der Waals surface area contributed by atoms with E-state index >= 15 is 0 Å². The van der Waals surface area contributed by atoms with E-state index in [1.807, 2.05) is 12.4 Å². The van der Waals surface area contributed by atoms with Gasteiger partial charge in [0, 0.05) is 30.5 Å². The fourth-order valence-electron chi connectivity index (χ4n) is 2.71. The highest BCUT2D eigenvalue weighted by Crippen LogP contribution is 2.25. The van der Waals surface area contributed by atoms with Crippen LogP contribution in [0.1, 0.15) is 44.6 Å². The van der Waals surface area contributed by atoms with E-state index in [2.05, 4.69) is 21.8 Å². The van der Waals surface area contributed by atoms with Gasteiger partial charge >= 0.3 is 6.01 Å². The zero-order valence-electron chi connectivity index (χ0n) is 11.4. The van der Waals surface area contributed by atoms with Crippen molar-refractivity contribution in [1.82, 2.24) is 14.9 Å². The molecule has 4 nitrogen and oxygen atoms in total. The average Bonchev–Trinajstić information content (AvgIpc) is 2.93. The van der Waals surface area contributed by atoms with Crippen molar-refractivity contribution >= 4 is 0 Å². The molecular formula is C14H23N3O. The van der Waals surface area contributed by atoms with Crippen LogP contribution in [0.15, 0.2) is 12.4 Å². The second kappa shape index (κ2) is 6.69. The molecule has 1 aromatic heterocycles. The standard InChI is InChI=1S/C14H23N3O/c1-3-8-17(13-6-4-5-7-13)11-12-9-15-14(18-2)16-10-12/h9-10,13H,3-8,11H2,1-2H3. The largest absolute Gasteiger partial charge is 0.467 e. The molecule has 1 aromatic rings. The summed E-state index contributed by atoms with van der Waals surface area (Å²) in [7, 11) is 1.59. The molecule has 1 aliphatic carbocycles. The van der Waals surface area contributed by atoms with Crippen LogP contribution >= 0.6 is 0 Å². The van der Waals surface area contributed by atoms with Gasteiger partial charge in [-0.15, -0.1) is 0 Å². The summed E-state index contributed by atoms with van der Waals surface area (Å²) in [5.41, 5.74) is 1.18. The first-order chi connectivity index (χ1) is 8.83. The normalized spacial score (nSPS) is 16.4. The summed E-state index contributed by atoms with van der Waals surface area (Å²) in [6.45, 7) is 4.37. The molecule has 1 heterocycles. The fourth-order valence-corrected chi connectivity index (χ4v) is 2.71. The zero-order chi connectivity index (χ0) is 12.8. The predicted octanol–water partition coefficient (Wildman–Crippen LogP) is 2.64. The van der Waals surface area contributed by atoms with Crippen molar-refractivity contribution in [2.45, 2.75) is 51.6 Å². The average molecular weight is 249 g/mol. The summed E-state index contributed by atoms with van der Waals surface area (Å²) in [5, 5.41) is 0. The van der Waals surface area contributed by atoms with Crippen LogP contribution in [-0.2, 0) is 6.54 Å². The van der Waals surface area contributed by atoms with Crippen LogP contribution in [0, 0.1) is 0 Å². The molecule has 18 heavy (non-hydrogen) atoms. The molecule has 0 spiro atoms. The number of methoxy groups -OCH3 is 1. The summed E-state index contributed by atoms with van der Waals surface area (Å²) < 4.78 is 4.99. The highest BCUT2D eigenvalue weighted by atomic mass is 16.5. The second-order valence-corrected chi connectivity index (χ2v) is 4.99. The molecule has 0 aliphatic heterocycles. The Bertz CT molecular complexity index is 347.